The maximum absolute atomic E-state index is 5.80. The lowest BCUT2D eigenvalue weighted by Crippen LogP contribution is -2.20. The smallest absolute Gasteiger partial charge is 0.167 e. The van der Waals surface area contributed by atoms with Crippen LogP contribution in [-0.2, 0) is 4.74 Å². The highest BCUT2D eigenvalue weighted by Gasteiger charge is 2.21. The van der Waals surface area contributed by atoms with Crippen molar-refractivity contribution >= 4 is 11.0 Å². The monoisotopic (exact) mass is 248 g/mol. The zero-order valence-corrected chi connectivity index (χ0v) is 10.3. The van der Waals surface area contributed by atoms with E-state index in [1.54, 1.807) is 7.11 Å². The second kappa shape index (κ2) is 4.96. The summed E-state index contributed by atoms with van der Waals surface area (Å²) < 4.78 is 16.4. The Bertz CT molecular complexity index is 530. The Morgan fingerprint density at radius 2 is 2.39 bits per heavy atom. The molecular weight excluding hydrogens is 232 g/mol. The van der Waals surface area contributed by atoms with Crippen LogP contribution >= 0.6 is 0 Å². The van der Waals surface area contributed by atoms with Gasteiger partial charge in [0.25, 0.3) is 0 Å². The van der Waals surface area contributed by atoms with E-state index in [0.29, 0.717) is 0 Å². The van der Waals surface area contributed by atoms with E-state index in [2.05, 4.69) is 10.5 Å². The topological polar surface area (TPSA) is 56.5 Å². The highest BCUT2D eigenvalue weighted by atomic mass is 16.5. The van der Waals surface area contributed by atoms with Crippen LogP contribution in [0.3, 0.4) is 0 Å². The van der Waals surface area contributed by atoms with Crippen molar-refractivity contribution in [3.05, 3.63) is 23.9 Å². The molecule has 1 saturated heterocycles. The summed E-state index contributed by atoms with van der Waals surface area (Å²) in [4.78, 5) is 0. The molecule has 1 unspecified atom stereocenters. The van der Waals surface area contributed by atoms with Gasteiger partial charge in [-0.1, -0.05) is 5.16 Å². The van der Waals surface area contributed by atoms with Crippen molar-refractivity contribution in [2.75, 3.05) is 26.8 Å². The van der Waals surface area contributed by atoms with Crippen molar-refractivity contribution in [3.63, 3.8) is 0 Å². The summed E-state index contributed by atoms with van der Waals surface area (Å²) in [7, 11) is 1.65. The SMILES string of the molecule is COc1ccc2onc(C3CNCCCO3)c2c1. The molecule has 1 aromatic heterocycles. The Morgan fingerprint density at radius 3 is 3.28 bits per heavy atom. The molecule has 18 heavy (non-hydrogen) atoms. The van der Waals surface area contributed by atoms with Crippen LogP contribution in [0.25, 0.3) is 11.0 Å². The summed E-state index contributed by atoms with van der Waals surface area (Å²) in [5.74, 6) is 0.800. The molecule has 96 valence electrons. The molecule has 1 atom stereocenters. The van der Waals surface area contributed by atoms with Crippen LogP contribution in [0.2, 0.25) is 0 Å². The first-order valence-corrected chi connectivity index (χ1v) is 6.14. The Balaban J connectivity index is 1.99. The first-order valence-electron chi connectivity index (χ1n) is 6.14. The second-order valence-electron chi connectivity index (χ2n) is 4.35. The van der Waals surface area contributed by atoms with E-state index in [1.807, 2.05) is 18.2 Å². The molecule has 5 nitrogen and oxygen atoms in total. The van der Waals surface area contributed by atoms with Gasteiger partial charge in [-0.2, -0.15) is 0 Å². The predicted molar refractivity (Wildman–Crippen MR) is 66.7 cm³/mol. The van der Waals surface area contributed by atoms with Gasteiger partial charge in [0.15, 0.2) is 5.58 Å². The molecule has 2 aromatic rings. The molecule has 1 N–H and O–H groups in total. The third-order valence-electron chi connectivity index (χ3n) is 3.16. The Kier molecular flexibility index (Phi) is 3.17. The number of benzene rings is 1. The van der Waals surface area contributed by atoms with Gasteiger partial charge < -0.3 is 19.3 Å². The third kappa shape index (κ3) is 2.07. The normalized spacial score (nSPS) is 20.8. The zero-order chi connectivity index (χ0) is 12.4. The molecule has 3 rings (SSSR count). The molecule has 0 saturated carbocycles. The molecule has 0 bridgehead atoms. The quantitative estimate of drug-likeness (QED) is 0.879. The molecular formula is C13H16N2O3. The molecule has 1 aromatic carbocycles. The van der Waals surface area contributed by atoms with E-state index in [1.165, 1.54) is 0 Å². The fourth-order valence-corrected chi connectivity index (χ4v) is 2.19. The second-order valence-corrected chi connectivity index (χ2v) is 4.35. The Hall–Kier alpha value is -1.59. The number of aromatic nitrogens is 1. The summed E-state index contributed by atoms with van der Waals surface area (Å²) in [6.45, 7) is 2.49. The van der Waals surface area contributed by atoms with Crippen molar-refractivity contribution in [1.29, 1.82) is 0 Å². The van der Waals surface area contributed by atoms with Crippen LogP contribution in [0.1, 0.15) is 18.2 Å². The lowest BCUT2D eigenvalue weighted by Gasteiger charge is -2.12. The largest absolute Gasteiger partial charge is 0.497 e. The maximum atomic E-state index is 5.80. The van der Waals surface area contributed by atoms with Crippen LogP contribution in [0, 0.1) is 0 Å². The fraction of sp³-hybridized carbons (Fsp3) is 0.462. The van der Waals surface area contributed by atoms with Crippen molar-refractivity contribution in [2.24, 2.45) is 0 Å². The maximum Gasteiger partial charge on any atom is 0.167 e. The number of nitrogens with one attached hydrogen (secondary N) is 1. The van der Waals surface area contributed by atoms with Gasteiger partial charge in [0.2, 0.25) is 0 Å². The van der Waals surface area contributed by atoms with Crippen LogP contribution < -0.4 is 10.1 Å². The Labute approximate surface area is 105 Å². The van der Waals surface area contributed by atoms with E-state index in [9.17, 15) is 0 Å². The van der Waals surface area contributed by atoms with Gasteiger partial charge in [-0.15, -0.1) is 0 Å². The molecule has 2 heterocycles. The average molecular weight is 248 g/mol. The lowest BCUT2D eigenvalue weighted by atomic mass is 10.1. The van der Waals surface area contributed by atoms with E-state index >= 15 is 0 Å². The number of methoxy groups -OCH3 is 1. The van der Waals surface area contributed by atoms with Crippen LogP contribution in [0.15, 0.2) is 22.7 Å². The summed E-state index contributed by atoms with van der Waals surface area (Å²) in [6, 6.07) is 5.67. The van der Waals surface area contributed by atoms with Gasteiger partial charge in [0, 0.05) is 13.2 Å². The van der Waals surface area contributed by atoms with Gasteiger partial charge in [-0.05, 0) is 31.2 Å². The van der Waals surface area contributed by atoms with E-state index in [-0.39, 0.29) is 6.10 Å². The van der Waals surface area contributed by atoms with Gasteiger partial charge in [0.05, 0.1) is 12.5 Å². The summed E-state index contributed by atoms with van der Waals surface area (Å²) >= 11 is 0. The standard InChI is InChI=1S/C13H16N2O3/c1-16-9-3-4-11-10(7-9)13(15-18-11)12-8-14-5-2-6-17-12/h3-4,7,12,14H,2,5-6,8H2,1H3. The summed E-state index contributed by atoms with van der Waals surface area (Å²) in [5.41, 5.74) is 1.61. The molecule has 0 spiro atoms. The fourth-order valence-electron chi connectivity index (χ4n) is 2.19. The predicted octanol–water partition coefficient (Wildman–Crippen LogP) is 1.89. The summed E-state index contributed by atoms with van der Waals surface area (Å²) in [5, 5.41) is 8.44. The molecule has 1 aliphatic rings. The third-order valence-corrected chi connectivity index (χ3v) is 3.16. The minimum Gasteiger partial charge on any atom is -0.497 e. The van der Waals surface area contributed by atoms with Gasteiger partial charge in [-0.25, -0.2) is 0 Å². The minimum atomic E-state index is -0.0548. The highest BCUT2D eigenvalue weighted by molar-refractivity contribution is 5.81. The molecule has 1 aliphatic heterocycles. The van der Waals surface area contributed by atoms with Crippen LogP contribution in [0.4, 0.5) is 0 Å². The van der Waals surface area contributed by atoms with Gasteiger partial charge in [0.1, 0.15) is 17.5 Å². The number of ether oxygens (including phenoxy) is 2. The number of rotatable bonds is 2. The zero-order valence-electron chi connectivity index (χ0n) is 10.3. The molecule has 5 heteroatoms. The molecule has 0 amide bonds. The number of hydrogen-bond donors (Lipinski definition) is 1. The Morgan fingerprint density at radius 1 is 1.44 bits per heavy atom. The molecule has 1 fully saturated rings. The first kappa shape index (κ1) is 11.5. The van der Waals surface area contributed by atoms with Crippen LogP contribution in [0.5, 0.6) is 5.75 Å². The van der Waals surface area contributed by atoms with E-state index in [0.717, 1.165) is 48.5 Å². The van der Waals surface area contributed by atoms with Crippen molar-refractivity contribution in [3.8, 4) is 5.75 Å². The highest BCUT2D eigenvalue weighted by Crippen LogP contribution is 2.29. The van der Waals surface area contributed by atoms with Gasteiger partial charge in [-0.3, -0.25) is 0 Å². The number of hydrogen-bond acceptors (Lipinski definition) is 5. The number of nitrogens with zero attached hydrogens (tertiary/aromatic N) is 1. The van der Waals surface area contributed by atoms with Crippen LogP contribution in [-0.4, -0.2) is 32.0 Å². The van der Waals surface area contributed by atoms with Crippen molar-refractivity contribution in [1.82, 2.24) is 10.5 Å². The minimum absolute atomic E-state index is 0.0548. The van der Waals surface area contributed by atoms with E-state index < -0.39 is 0 Å². The van der Waals surface area contributed by atoms with Crippen molar-refractivity contribution < 1.29 is 14.0 Å². The molecule has 0 aliphatic carbocycles. The average Bonchev–Trinajstić information content (AvgIpc) is 2.64. The van der Waals surface area contributed by atoms with Crippen molar-refractivity contribution in [2.45, 2.75) is 12.5 Å². The van der Waals surface area contributed by atoms with Gasteiger partial charge >= 0.3 is 0 Å². The first-order chi connectivity index (χ1) is 8.88. The lowest BCUT2D eigenvalue weighted by molar-refractivity contribution is 0.0625. The van der Waals surface area contributed by atoms with E-state index in [4.69, 9.17) is 14.0 Å². The number of fused-ring (bicyclic) bond motifs is 1. The summed E-state index contributed by atoms with van der Waals surface area (Å²) in [6.07, 6.45) is 0.969. The molecule has 0 radical (unpaired) electrons.